The van der Waals surface area contributed by atoms with Gasteiger partial charge < -0.3 is 4.74 Å². The monoisotopic (exact) mass is 340 g/mol. The fourth-order valence-electron chi connectivity index (χ4n) is 1.86. The highest BCUT2D eigenvalue weighted by Gasteiger charge is 2.31. The first-order valence-corrected chi connectivity index (χ1v) is 6.66. The molecule has 0 aliphatic heterocycles. The molecule has 0 heterocycles. The van der Waals surface area contributed by atoms with Gasteiger partial charge >= 0.3 is 6.18 Å². The second-order valence-electron chi connectivity index (χ2n) is 4.63. The molecule has 2 aromatic rings. The van der Waals surface area contributed by atoms with E-state index >= 15 is 0 Å². The Morgan fingerprint density at radius 1 is 1.21 bits per heavy atom. The van der Waals surface area contributed by atoms with E-state index in [2.05, 4.69) is 10.5 Å². The topological polar surface area (TPSA) is 50.7 Å². The number of amides is 1. The summed E-state index contributed by atoms with van der Waals surface area (Å²) in [5.41, 5.74) is 1.08. The lowest BCUT2D eigenvalue weighted by Crippen LogP contribution is -2.18. The molecule has 0 aromatic heterocycles. The van der Waals surface area contributed by atoms with Gasteiger partial charge in [0.15, 0.2) is 0 Å². The van der Waals surface area contributed by atoms with Crippen LogP contribution in [0.5, 0.6) is 5.75 Å². The van der Waals surface area contributed by atoms with Gasteiger partial charge in [0, 0.05) is 5.56 Å². The fourth-order valence-corrected chi connectivity index (χ4v) is 1.86. The molecule has 1 amide bonds. The number of halogens is 4. The molecule has 8 heteroatoms. The summed E-state index contributed by atoms with van der Waals surface area (Å²) in [5, 5.41) is 3.54. The molecule has 0 saturated carbocycles. The number of hydrogen-bond donors (Lipinski definition) is 1. The van der Waals surface area contributed by atoms with Gasteiger partial charge in [-0.25, -0.2) is 9.82 Å². The van der Waals surface area contributed by atoms with Crippen LogP contribution in [-0.2, 0) is 6.18 Å². The molecule has 0 aliphatic carbocycles. The zero-order valence-corrected chi connectivity index (χ0v) is 12.4. The normalized spacial score (nSPS) is 11.5. The Bertz CT molecular complexity index is 773. The second-order valence-corrected chi connectivity index (χ2v) is 4.63. The number of benzene rings is 2. The maximum absolute atomic E-state index is 13.6. The van der Waals surface area contributed by atoms with Crippen LogP contribution in [-0.4, -0.2) is 19.2 Å². The Hall–Kier alpha value is -2.90. The van der Waals surface area contributed by atoms with Gasteiger partial charge in [-0.1, -0.05) is 12.1 Å². The third-order valence-corrected chi connectivity index (χ3v) is 3.05. The van der Waals surface area contributed by atoms with Crippen LogP contribution in [0, 0.1) is 5.82 Å². The van der Waals surface area contributed by atoms with Crippen LogP contribution >= 0.6 is 0 Å². The van der Waals surface area contributed by atoms with Crippen molar-refractivity contribution in [3.63, 3.8) is 0 Å². The molecule has 0 unspecified atom stereocenters. The lowest BCUT2D eigenvalue weighted by molar-refractivity contribution is -0.137. The third kappa shape index (κ3) is 4.09. The SMILES string of the molecule is COc1ccccc1C(=O)NN=Cc1ccc(C(F)(F)F)cc1F. The van der Waals surface area contributed by atoms with Crippen molar-refractivity contribution in [2.24, 2.45) is 5.10 Å². The molecular weight excluding hydrogens is 328 g/mol. The summed E-state index contributed by atoms with van der Waals surface area (Å²) in [5.74, 6) is -1.37. The average molecular weight is 340 g/mol. The van der Waals surface area contributed by atoms with E-state index in [9.17, 15) is 22.4 Å². The van der Waals surface area contributed by atoms with E-state index in [-0.39, 0.29) is 11.1 Å². The molecule has 2 rings (SSSR count). The highest BCUT2D eigenvalue weighted by Crippen LogP contribution is 2.29. The average Bonchev–Trinajstić information content (AvgIpc) is 2.55. The van der Waals surface area contributed by atoms with Gasteiger partial charge in [-0.3, -0.25) is 4.79 Å². The first-order valence-electron chi connectivity index (χ1n) is 6.66. The minimum Gasteiger partial charge on any atom is -0.496 e. The summed E-state index contributed by atoms with van der Waals surface area (Å²) >= 11 is 0. The maximum Gasteiger partial charge on any atom is 0.416 e. The van der Waals surface area contributed by atoms with Crippen LogP contribution in [0.15, 0.2) is 47.6 Å². The lowest BCUT2D eigenvalue weighted by atomic mass is 10.1. The smallest absolute Gasteiger partial charge is 0.416 e. The summed E-state index contributed by atoms with van der Waals surface area (Å²) < 4.78 is 56.0. The van der Waals surface area contributed by atoms with Gasteiger partial charge in [0.1, 0.15) is 11.6 Å². The van der Waals surface area contributed by atoms with Crippen LogP contribution in [0.3, 0.4) is 0 Å². The van der Waals surface area contributed by atoms with Crippen LogP contribution in [0.2, 0.25) is 0 Å². The summed E-state index contributed by atoms with van der Waals surface area (Å²) in [7, 11) is 1.40. The third-order valence-electron chi connectivity index (χ3n) is 3.05. The van der Waals surface area contributed by atoms with E-state index < -0.39 is 23.5 Å². The molecule has 0 fully saturated rings. The van der Waals surface area contributed by atoms with E-state index in [1.807, 2.05) is 0 Å². The number of hydrazone groups is 1. The van der Waals surface area contributed by atoms with Crippen molar-refractivity contribution in [3.8, 4) is 5.75 Å². The molecule has 1 N–H and O–H groups in total. The number of carbonyl (C=O) groups is 1. The molecule has 24 heavy (non-hydrogen) atoms. The number of hydrogen-bond acceptors (Lipinski definition) is 3. The van der Waals surface area contributed by atoms with E-state index in [1.165, 1.54) is 13.2 Å². The van der Waals surface area contributed by atoms with Crippen molar-refractivity contribution >= 4 is 12.1 Å². The van der Waals surface area contributed by atoms with Crippen molar-refractivity contribution in [1.29, 1.82) is 0 Å². The summed E-state index contributed by atoms with van der Waals surface area (Å²) in [4.78, 5) is 11.9. The molecule has 2 aromatic carbocycles. The summed E-state index contributed by atoms with van der Waals surface area (Å²) in [6.45, 7) is 0. The largest absolute Gasteiger partial charge is 0.496 e. The number of methoxy groups -OCH3 is 1. The molecule has 0 spiro atoms. The minimum absolute atomic E-state index is 0.191. The van der Waals surface area contributed by atoms with Gasteiger partial charge in [0.2, 0.25) is 0 Å². The molecule has 0 saturated heterocycles. The zero-order chi connectivity index (χ0) is 17.7. The van der Waals surface area contributed by atoms with Crippen LogP contribution in [0.1, 0.15) is 21.5 Å². The van der Waals surface area contributed by atoms with E-state index in [0.29, 0.717) is 11.8 Å². The number of carbonyl (C=O) groups excluding carboxylic acids is 1. The Morgan fingerprint density at radius 2 is 1.92 bits per heavy atom. The van der Waals surface area contributed by atoms with Crippen molar-refractivity contribution in [1.82, 2.24) is 5.43 Å². The minimum atomic E-state index is -4.63. The quantitative estimate of drug-likeness (QED) is 0.525. The van der Waals surface area contributed by atoms with Gasteiger partial charge in [-0.15, -0.1) is 0 Å². The number of ether oxygens (including phenoxy) is 1. The van der Waals surface area contributed by atoms with Crippen LogP contribution in [0.25, 0.3) is 0 Å². The number of alkyl halides is 3. The number of rotatable bonds is 4. The standard InChI is InChI=1S/C16H12F4N2O2/c1-24-14-5-3-2-4-12(14)15(23)22-21-9-10-6-7-11(8-13(10)17)16(18,19)20/h2-9H,1H3,(H,22,23). The van der Waals surface area contributed by atoms with Crippen molar-refractivity contribution in [2.45, 2.75) is 6.18 Å². The Labute approximate surface area is 134 Å². The molecule has 0 radical (unpaired) electrons. The highest BCUT2D eigenvalue weighted by molar-refractivity contribution is 5.97. The molecule has 4 nitrogen and oxygen atoms in total. The zero-order valence-electron chi connectivity index (χ0n) is 12.4. The summed E-state index contributed by atoms with van der Waals surface area (Å²) in [6.07, 6.45) is -3.71. The Morgan fingerprint density at radius 3 is 2.54 bits per heavy atom. The van der Waals surface area contributed by atoms with Gasteiger partial charge in [0.25, 0.3) is 5.91 Å². The number of nitrogens with one attached hydrogen (secondary N) is 1. The Kier molecular flexibility index (Phi) is 5.18. The molecule has 0 bridgehead atoms. The van der Waals surface area contributed by atoms with E-state index in [0.717, 1.165) is 18.3 Å². The number of nitrogens with zero attached hydrogens (tertiary/aromatic N) is 1. The van der Waals surface area contributed by atoms with Crippen LogP contribution < -0.4 is 10.2 Å². The lowest BCUT2D eigenvalue weighted by Gasteiger charge is -2.07. The van der Waals surface area contributed by atoms with Crippen LogP contribution in [0.4, 0.5) is 17.6 Å². The fraction of sp³-hybridized carbons (Fsp3) is 0.125. The highest BCUT2D eigenvalue weighted by atomic mass is 19.4. The predicted octanol–water partition coefficient (Wildman–Crippen LogP) is 3.62. The van der Waals surface area contributed by atoms with Crippen molar-refractivity contribution < 1.29 is 27.1 Å². The first-order chi connectivity index (χ1) is 11.3. The second kappa shape index (κ2) is 7.12. The van der Waals surface area contributed by atoms with Gasteiger partial charge in [-0.05, 0) is 30.3 Å². The molecule has 126 valence electrons. The van der Waals surface area contributed by atoms with Crippen molar-refractivity contribution in [2.75, 3.05) is 7.11 Å². The number of para-hydroxylation sites is 1. The molecular formula is C16H12F4N2O2. The first kappa shape index (κ1) is 17.5. The summed E-state index contributed by atoms with van der Waals surface area (Å²) in [6, 6.07) is 8.40. The van der Waals surface area contributed by atoms with Gasteiger partial charge in [0.05, 0.1) is 24.5 Å². The predicted molar refractivity (Wildman–Crippen MR) is 79.5 cm³/mol. The molecule has 0 aliphatic rings. The van der Waals surface area contributed by atoms with E-state index in [1.54, 1.807) is 18.2 Å². The molecule has 0 atom stereocenters. The van der Waals surface area contributed by atoms with Gasteiger partial charge in [-0.2, -0.15) is 18.3 Å². The van der Waals surface area contributed by atoms with E-state index in [4.69, 9.17) is 4.74 Å². The maximum atomic E-state index is 13.6. The Balaban J connectivity index is 2.10. The van der Waals surface area contributed by atoms with Crippen molar-refractivity contribution in [3.05, 3.63) is 65.0 Å².